The quantitative estimate of drug-likeness (QED) is 0.287. The van der Waals surface area contributed by atoms with Gasteiger partial charge in [0.15, 0.2) is 0 Å². The fourth-order valence-electron chi connectivity index (χ4n) is 3.13. The molecule has 0 spiro atoms. The summed E-state index contributed by atoms with van der Waals surface area (Å²) in [6, 6.07) is 20.6. The van der Waals surface area contributed by atoms with Gasteiger partial charge in [-0.05, 0) is 60.2 Å². The number of nitro groups is 1. The van der Waals surface area contributed by atoms with E-state index in [2.05, 4.69) is 20.9 Å². The van der Waals surface area contributed by atoms with Crippen LogP contribution in [0.5, 0.6) is 5.75 Å². The van der Waals surface area contributed by atoms with Crippen molar-refractivity contribution in [3.05, 3.63) is 104 Å². The molecule has 0 saturated carbocycles. The van der Waals surface area contributed by atoms with Crippen LogP contribution in [-0.2, 0) is 4.79 Å². The molecule has 0 bridgehead atoms. The van der Waals surface area contributed by atoms with Crippen molar-refractivity contribution in [3.63, 3.8) is 0 Å². The third-order valence-corrected chi connectivity index (χ3v) is 5.23. The fraction of sp³-hybridized carbons (Fsp3) is 0.0435. The summed E-state index contributed by atoms with van der Waals surface area (Å²) in [7, 11) is 1.58. The Balaban J connectivity index is 1.77. The molecule has 7 nitrogen and oxygen atoms in total. The Labute approximate surface area is 186 Å². The minimum Gasteiger partial charge on any atom is -0.497 e. The van der Waals surface area contributed by atoms with E-state index in [0.717, 1.165) is 10.0 Å². The summed E-state index contributed by atoms with van der Waals surface area (Å²) in [6.07, 6.45) is 1.62. The van der Waals surface area contributed by atoms with E-state index in [9.17, 15) is 14.9 Å². The van der Waals surface area contributed by atoms with E-state index in [4.69, 9.17) is 4.74 Å². The number of carbonyl (C=O) groups is 1. The van der Waals surface area contributed by atoms with Gasteiger partial charge in [0.05, 0.1) is 17.7 Å². The number of hydrogen-bond acceptors (Lipinski definition) is 5. The van der Waals surface area contributed by atoms with E-state index in [-0.39, 0.29) is 17.3 Å². The number of methoxy groups -OCH3 is 1. The van der Waals surface area contributed by atoms with Crippen LogP contribution in [0, 0.1) is 10.1 Å². The van der Waals surface area contributed by atoms with Crippen LogP contribution in [-0.4, -0.2) is 23.8 Å². The van der Waals surface area contributed by atoms with Gasteiger partial charge in [0.1, 0.15) is 17.3 Å². The van der Waals surface area contributed by atoms with Gasteiger partial charge < -0.3 is 4.74 Å². The molecule has 3 aromatic rings. The van der Waals surface area contributed by atoms with Crippen molar-refractivity contribution in [3.8, 4) is 5.75 Å². The zero-order valence-corrected chi connectivity index (χ0v) is 17.9. The number of aliphatic imine (C=N–C) groups is 1. The number of benzene rings is 3. The lowest BCUT2D eigenvalue weighted by molar-refractivity contribution is -0.384. The first kappa shape index (κ1) is 20.5. The van der Waals surface area contributed by atoms with Gasteiger partial charge >= 0.3 is 0 Å². The Morgan fingerprint density at radius 1 is 1.00 bits per heavy atom. The molecule has 1 aliphatic heterocycles. The number of non-ortho nitro benzene ring substituents is 1. The van der Waals surface area contributed by atoms with Gasteiger partial charge in [-0.3, -0.25) is 19.8 Å². The Morgan fingerprint density at radius 3 is 2.23 bits per heavy atom. The van der Waals surface area contributed by atoms with Crippen LogP contribution in [0.15, 0.2) is 88.0 Å². The van der Waals surface area contributed by atoms with Crippen molar-refractivity contribution in [1.29, 1.82) is 0 Å². The van der Waals surface area contributed by atoms with E-state index < -0.39 is 4.92 Å². The molecular weight excluding hydrogens is 462 g/mol. The second-order valence-corrected chi connectivity index (χ2v) is 7.57. The number of rotatable bonds is 5. The lowest BCUT2D eigenvalue weighted by Crippen LogP contribution is -2.32. The van der Waals surface area contributed by atoms with Crippen molar-refractivity contribution < 1.29 is 14.5 Å². The van der Waals surface area contributed by atoms with E-state index >= 15 is 0 Å². The first-order valence-electron chi connectivity index (χ1n) is 9.25. The zero-order valence-electron chi connectivity index (χ0n) is 16.4. The summed E-state index contributed by atoms with van der Waals surface area (Å²) in [4.78, 5) is 29.8. The van der Waals surface area contributed by atoms with Gasteiger partial charge in [0.25, 0.3) is 11.6 Å². The summed E-state index contributed by atoms with van der Waals surface area (Å²) in [5.74, 6) is 0.886. The van der Waals surface area contributed by atoms with Gasteiger partial charge in [-0.25, -0.2) is 4.99 Å². The number of nitro benzene ring substituents is 1. The number of ether oxygens (including phenoxy) is 1. The molecule has 0 saturated heterocycles. The number of nitrogens with zero attached hydrogens (tertiary/aromatic N) is 3. The van der Waals surface area contributed by atoms with Crippen molar-refractivity contribution >= 4 is 45.1 Å². The molecule has 1 aliphatic rings. The topological polar surface area (TPSA) is 85.0 Å². The molecule has 154 valence electrons. The standard InChI is InChI=1S/C23H16BrN3O4/c1-31-20-12-10-18(11-13-20)26-22(16-4-6-17(24)7-5-16)25-21(23(26)28)14-15-2-8-19(9-3-15)27(29)30/h2-14H,1H3/b21-14+. The van der Waals surface area contributed by atoms with Crippen molar-refractivity contribution in [2.75, 3.05) is 12.0 Å². The van der Waals surface area contributed by atoms with Crippen LogP contribution in [0.3, 0.4) is 0 Å². The largest absolute Gasteiger partial charge is 0.497 e. The second-order valence-electron chi connectivity index (χ2n) is 6.66. The Morgan fingerprint density at radius 2 is 1.65 bits per heavy atom. The van der Waals surface area contributed by atoms with Crippen LogP contribution in [0.25, 0.3) is 6.08 Å². The van der Waals surface area contributed by atoms with Crippen LogP contribution in [0.2, 0.25) is 0 Å². The normalized spacial score (nSPS) is 14.6. The molecule has 0 aliphatic carbocycles. The van der Waals surface area contributed by atoms with Gasteiger partial charge in [-0.1, -0.05) is 28.1 Å². The molecule has 3 aromatic carbocycles. The second kappa shape index (κ2) is 8.53. The Bertz CT molecular complexity index is 1200. The monoisotopic (exact) mass is 477 g/mol. The fourth-order valence-corrected chi connectivity index (χ4v) is 3.39. The first-order chi connectivity index (χ1) is 15.0. The molecule has 1 heterocycles. The molecule has 0 unspecified atom stereocenters. The number of amidine groups is 1. The lowest BCUT2D eigenvalue weighted by Gasteiger charge is -2.19. The summed E-state index contributed by atoms with van der Waals surface area (Å²) in [5.41, 5.74) is 2.30. The summed E-state index contributed by atoms with van der Waals surface area (Å²) < 4.78 is 6.13. The molecule has 1 amide bonds. The molecule has 0 atom stereocenters. The van der Waals surface area contributed by atoms with Crippen LogP contribution in [0.4, 0.5) is 11.4 Å². The summed E-state index contributed by atoms with van der Waals surface area (Å²) in [5, 5.41) is 10.9. The molecular formula is C23H16BrN3O4. The average Bonchev–Trinajstić information content (AvgIpc) is 3.10. The minimum atomic E-state index is -0.465. The van der Waals surface area contributed by atoms with Crippen molar-refractivity contribution in [2.45, 2.75) is 0 Å². The summed E-state index contributed by atoms with van der Waals surface area (Å²) in [6.45, 7) is 0. The Hall–Kier alpha value is -3.78. The van der Waals surface area contributed by atoms with E-state index in [0.29, 0.717) is 22.8 Å². The third kappa shape index (κ3) is 4.24. The van der Waals surface area contributed by atoms with E-state index in [1.165, 1.54) is 12.1 Å². The minimum absolute atomic E-state index is 0.0150. The Kier molecular flexibility index (Phi) is 5.64. The maximum atomic E-state index is 13.3. The summed E-state index contributed by atoms with van der Waals surface area (Å²) >= 11 is 3.42. The molecule has 0 aromatic heterocycles. The van der Waals surface area contributed by atoms with Gasteiger partial charge in [-0.15, -0.1) is 0 Å². The average molecular weight is 478 g/mol. The van der Waals surface area contributed by atoms with Crippen LogP contribution >= 0.6 is 15.9 Å². The number of halogens is 1. The van der Waals surface area contributed by atoms with E-state index in [1.807, 2.05) is 24.3 Å². The predicted molar refractivity (Wildman–Crippen MR) is 122 cm³/mol. The van der Waals surface area contributed by atoms with E-state index in [1.54, 1.807) is 54.5 Å². The highest BCUT2D eigenvalue weighted by molar-refractivity contribution is 9.10. The van der Waals surface area contributed by atoms with Gasteiger partial charge in [-0.2, -0.15) is 0 Å². The van der Waals surface area contributed by atoms with Crippen molar-refractivity contribution in [1.82, 2.24) is 0 Å². The highest BCUT2D eigenvalue weighted by Crippen LogP contribution is 2.30. The smallest absolute Gasteiger partial charge is 0.282 e. The maximum Gasteiger partial charge on any atom is 0.282 e. The molecule has 0 N–H and O–H groups in total. The lowest BCUT2D eigenvalue weighted by atomic mass is 10.1. The third-order valence-electron chi connectivity index (χ3n) is 4.70. The zero-order chi connectivity index (χ0) is 22.0. The molecule has 4 rings (SSSR count). The maximum absolute atomic E-state index is 13.3. The predicted octanol–water partition coefficient (Wildman–Crippen LogP) is 5.20. The van der Waals surface area contributed by atoms with Crippen LogP contribution < -0.4 is 9.64 Å². The van der Waals surface area contributed by atoms with Gasteiger partial charge in [0, 0.05) is 22.2 Å². The number of carbonyl (C=O) groups excluding carboxylic acids is 1. The number of hydrogen-bond donors (Lipinski definition) is 0. The van der Waals surface area contributed by atoms with Crippen molar-refractivity contribution in [2.24, 2.45) is 4.99 Å². The number of amides is 1. The molecule has 0 radical (unpaired) electrons. The number of anilines is 1. The first-order valence-corrected chi connectivity index (χ1v) is 10.0. The molecule has 31 heavy (non-hydrogen) atoms. The highest BCUT2D eigenvalue weighted by Gasteiger charge is 2.32. The van der Waals surface area contributed by atoms with Crippen LogP contribution in [0.1, 0.15) is 11.1 Å². The molecule has 8 heteroatoms. The van der Waals surface area contributed by atoms with Gasteiger partial charge in [0.2, 0.25) is 0 Å². The SMILES string of the molecule is COc1ccc(N2C(=O)/C(=C\c3ccc([N+](=O)[O-])cc3)N=C2c2ccc(Br)cc2)cc1. The highest BCUT2D eigenvalue weighted by atomic mass is 79.9. The molecule has 0 fully saturated rings.